The summed E-state index contributed by atoms with van der Waals surface area (Å²) in [5.74, 6) is -0.639. The standard InChI is InChI=1S/C13H11FN2O3/c14-10-4-5-12(16(17)18)13(9-10)19-8-6-11-3-1-2-7-15-11/h1-5,7,9H,6,8H2. The first kappa shape index (κ1) is 12.9. The van der Waals surface area contributed by atoms with E-state index in [1.165, 1.54) is 0 Å². The van der Waals surface area contributed by atoms with Crippen LogP contribution in [0, 0.1) is 15.9 Å². The molecule has 98 valence electrons. The zero-order chi connectivity index (χ0) is 13.7. The van der Waals surface area contributed by atoms with Gasteiger partial charge in [0.05, 0.1) is 11.5 Å². The van der Waals surface area contributed by atoms with E-state index in [1.54, 1.807) is 12.3 Å². The molecule has 0 bridgehead atoms. The first-order valence-corrected chi connectivity index (χ1v) is 5.63. The van der Waals surface area contributed by atoms with Crippen molar-refractivity contribution in [3.8, 4) is 5.75 Å². The van der Waals surface area contributed by atoms with Crippen molar-refractivity contribution in [3.05, 3.63) is 64.2 Å². The van der Waals surface area contributed by atoms with Crippen LogP contribution in [0.3, 0.4) is 0 Å². The summed E-state index contributed by atoms with van der Waals surface area (Å²) >= 11 is 0. The van der Waals surface area contributed by atoms with E-state index in [1.807, 2.05) is 12.1 Å². The molecule has 0 N–H and O–H groups in total. The lowest BCUT2D eigenvalue weighted by molar-refractivity contribution is -0.385. The Morgan fingerprint density at radius 1 is 1.32 bits per heavy atom. The average molecular weight is 262 g/mol. The second-order valence-corrected chi connectivity index (χ2v) is 3.79. The fourth-order valence-electron chi connectivity index (χ4n) is 1.57. The first-order valence-electron chi connectivity index (χ1n) is 5.63. The minimum Gasteiger partial charge on any atom is -0.486 e. The second kappa shape index (κ2) is 5.90. The Kier molecular flexibility index (Phi) is 4.02. The van der Waals surface area contributed by atoms with Crippen molar-refractivity contribution in [2.24, 2.45) is 0 Å². The molecule has 0 atom stereocenters. The number of hydrogen-bond donors (Lipinski definition) is 0. The predicted octanol–water partition coefficient (Wildman–Crippen LogP) is 2.75. The first-order chi connectivity index (χ1) is 9.16. The van der Waals surface area contributed by atoms with E-state index in [2.05, 4.69) is 4.98 Å². The van der Waals surface area contributed by atoms with Crippen molar-refractivity contribution < 1.29 is 14.1 Å². The number of hydrogen-bond acceptors (Lipinski definition) is 4. The summed E-state index contributed by atoms with van der Waals surface area (Å²) < 4.78 is 18.3. The molecule has 1 aromatic carbocycles. The number of nitro groups is 1. The van der Waals surface area contributed by atoms with Crippen molar-refractivity contribution in [3.63, 3.8) is 0 Å². The van der Waals surface area contributed by atoms with E-state index in [0.29, 0.717) is 6.42 Å². The van der Waals surface area contributed by atoms with Gasteiger partial charge in [-0.1, -0.05) is 6.07 Å². The molecule has 0 saturated carbocycles. The molecule has 1 heterocycles. The number of nitrogens with zero attached hydrogens (tertiary/aromatic N) is 2. The maximum Gasteiger partial charge on any atom is 0.311 e. The Morgan fingerprint density at radius 3 is 2.84 bits per heavy atom. The van der Waals surface area contributed by atoms with Crippen LogP contribution in [0.1, 0.15) is 5.69 Å². The van der Waals surface area contributed by atoms with E-state index in [-0.39, 0.29) is 18.0 Å². The van der Waals surface area contributed by atoms with Gasteiger partial charge in [-0.05, 0) is 18.2 Å². The van der Waals surface area contributed by atoms with Crippen molar-refractivity contribution in [2.75, 3.05) is 6.61 Å². The van der Waals surface area contributed by atoms with E-state index in [4.69, 9.17) is 4.74 Å². The van der Waals surface area contributed by atoms with E-state index in [0.717, 1.165) is 23.9 Å². The average Bonchev–Trinajstić information content (AvgIpc) is 2.39. The Hall–Kier alpha value is -2.50. The highest BCUT2D eigenvalue weighted by molar-refractivity contribution is 5.46. The molecule has 1 aromatic heterocycles. The third kappa shape index (κ3) is 3.48. The molecule has 0 radical (unpaired) electrons. The van der Waals surface area contributed by atoms with Crippen molar-refractivity contribution in [1.29, 1.82) is 0 Å². The molecule has 5 nitrogen and oxygen atoms in total. The summed E-state index contributed by atoms with van der Waals surface area (Å²) in [6, 6.07) is 8.59. The normalized spacial score (nSPS) is 10.2. The van der Waals surface area contributed by atoms with Crippen LogP contribution in [0.5, 0.6) is 5.75 Å². The van der Waals surface area contributed by atoms with Crippen LogP contribution in [0.15, 0.2) is 42.6 Å². The molecule has 0 amide bonds. The summed E-state index contributed by atoms with van der Waals surface area (Å²) in [7, 11) is 0. The van der Waals surface area contributed by atoms with E-state index in [9.17, 15) is 14.5 Å². The SMILES string of the molecule is O=[N+]([O-])c1ccc(F)cc1OCCc1ccccn1. The number of ether oxygens (including phenoxy) is 1. The van der Waals surface area contributed by atoms with Gasteiger partial charge in [-0.3, -0.25) is 15.1 Å². The second-order valence-electron chi connectivity index (χ2n) is 3.79. The third-order valence-electron chi connectivity index (χ3n) is 2.46. The quantitative estimate of drug-likeness (QED) is 0.614. The van der Waals surface area contributed by atoms with Crippen molar-refractivity contribution in [1.82, 2.24) is 4.98 Å². The topological polar surface area (TPSA) is 65.3 Å². The Morgan fingerprint density at radius 2 is 2.16 bits per heavy atom. The van der Waals surface area contributed by atoms with Crippen LogP contribution in [-0.4, -0.2) is 16.5 Å². The fraction of sp³-hybridized carbons (Fsp3) is 0.154. The van der Waals surface area contributed by atoms with Gasteiger partial charge in [0.1, 0.15) is 5.82 Å². The molecule has 0 aliphatic heterocycles. The van der Waals surface area contributed by atoms with Crippen LogP contribution in [0.2, 0.25) is 0 Å². The number of halogens is 1. The van der Waals surface area contributed by atoms with Crippen LogP contribution in [0.25, 0.3) is 0 Å². The van der Waals surface area contributed by atoms with Gasteiger partial charge >= 0.3 is 5.69 Å². The largest absolute Gasteiger partial charge is 0.486 e. The number of rotatable bonds is 5. The number of aromatic nitrogens is 1. The van der Waals surface area contributed by atoms with Gasteiger partial charge in [-0.2, -0.15) is 0 Å². The Balaban J connectivity index is 2.03. The monoisotopic (exact) mass is 262 g/mol. The zero-order valence-corrected chi connectivity index (χ0v) is 9.95. The number of nitro benzene ring substituents is 1. The Bertz CT molecular complexity index is 575. The lowest BCUT2D eigenvalue weighted by Gasteiger charge is -2.06. The highest BCUT2D eigenvalue weighted by Gasteiger charge is 2.15. The zero-order valence-electron chi connectivity index (χ0n) is 9.95. The van der Waals surface area contributed by atoms with Gasteiger partial charge in [0, 0.05) is 30.4 Å². The summed E-state index contributed by atoms with van der Waals surface area (Å²) in [4.78, 5) is 14.3. The molecule has 0 aliphatic rings. The third-order valence-corrected chi connectivity index (χ3v) is 2.46. The van der Waals surface area contributed by atoms with E-state index < -0.39 is 10.7 Å². The molecule has 0 unspecified atom stereocenters. The van der Waals surface area contributed by atoms with Gasteiger partial charge in [0.25, 0.3) is 0 Å². The summed E-state index contributed by atoms with van der Waals surface area (Å²) in [5, 5.41) is 10.8. The molecule has 0 spiro atoms. The minimum absolute atomic E-state index is 0.0686. The lowest BCUT2D eigenvalue weighted by atomic mass is 10.2. The molecular weight excluding hydrogens is 251 g/mol. The highest BCUT2D eigenvalue weighted by atomic mass is 19.1. The molecule has 19 heavy (non-hydrogen) atoms. The van der Waals surface area contributed by atoms with Crippen LogP contribution < -0.4 is 4.74 Å². The van der Waals surface area contributed by atoms with Crippen LogP contribution >= 0.6 is 0 Å². The molecule has 0 aliphatic carbocycles. The Labute approximate surface area is 108 Å². The molecule has 0 saturated heterocycles. The summed E-state index contributed by atoms with van der Waals surface area (Å²) in [5.41, 5.74) is 0.559. The molecule has 2 rings (SSSR count). The van der Waals surface area contributed by atoms with Gasteiger partial charge in [-0.15, -0.1) is 0 Å². The highest BCUT2D eigenvalue weighted by Crippen LogP contribution is 2.27. The van der Waals surface area contributed by atoms with Gasteiger partial charge in [0.15, 0.2) is 5.75 Å². The van der Waals surface area contributed by atoms with Gasteiger partial charge in [0.2, 0.25) is 0 Å². The fourth-order valence-corrected chi connectivity index (χ4v) is 1.57. The van der Waals surface area contributed by atoms with Crippen LogP contribution in [0.4, 0.5) is 10.1 Å². The maximum absolute atomic E-state index is 13.0. The number of pyridine rings is 1. The van der Waals surface area contributed by atoms with Crippen molar-refractivity contribution >= 4 is 5.69 Å². The molecule has 6 heteroatoms. The van der Waals surface area contributed by atoms with Crippen LogP contribution in [-0.2, 0) is 6.42 Å². The molecular formula is C13H11FN2O3. The van der Waals surface area contributed by atoms with Gasteiger partial charge < -0.3 is 4.74 Å². The number of benzene rings is 1. The van der Waals surface area contributed by atoms with Crippen molar-refractivity contribution in [2.45, 2.75) is 6.42 Å². The molecule has 2 aromatic rings. The summed E-state index contributed by atoms with van der Waals surface area (Å²) in [6.45, 7) is 0.196. The summed E-state index contributed by atoms with van der Waals surface area (Å²) in [6.07, 6.45) is 2.15. The smallest absolute Gasteiger partial charge is 0.311 e. The van der Waals surface area contributed by atoms with Gasteiger partial charge in [-0.25, -0.2) is 4.39 Å². The van der Waals surface area contributed by atoms with E-state index >= 15 is 0 Å². The maximum atomic E-state index is 13.0. The minimum atomic E-state index is -0.602. The lowest BCUT2D eigenvalue weighted by Crippen LogP contribution is -2.04. The molecule has 0 fully saturated rings. The predicted molar refractivity (Wildman–Crippen MR) is 66.5 cm³/mol.